The first kappa shape index (κ1) is 23.6. The molecule has 4 heterocycles. The fourth-order valence-electron chi connectivity index (χ4n) is 5.84. The van der Waals surface area contributed by atoms with Crippen LogP contribution in [0.5, 0.6) is 11.5 Å². The zero-order chi connectivity index (χ0) is 24.9. The average molecular weight is 495 g/mol. The third kappa shape index (κ3) is 4.53. The van der Waals surface area contributed by atoms with Crippen LogP contribution in [0.4, 0.5) is 4.79 Å². The largest absolute Gasteiger partial charge is 0.467 e. The highest BCUT2D eigenvalue weighted by Gasteiger charge is 2.51. The Balaban J connectivity index is 1.26. The molecule has 8 nitrogen and oxygen atoms in total. The van der Waals surface area contributed by atoms with E-state index in [1.807, 2.05) is 25.7 Å². The van der Waals surface area contributed by atoms with E-state index in [0.29, 0.717) is 26.8 Å². The summed E-state index contributed by atoms with van der Waals surface area (Å²) in [5.41, 5.74) is 4.19. The first-order valence-electron chi connectivity index (χ1n) is 12.7. The Morgan fingerprint density at radius 2 is 1.50 bits per heavy atom. The fourth-order valence-corrected chi connectivity index (χ4v) is 5.84. The summed E-state index contributed by atoms with van der Waals surface area (Å²) in [6, 6.07) is 12.9. The molecule has 0 N–H and O–H groups in total. The summed E-state index contributed by atoms with van der Waals surface area (Å²) >= 11 is 0. The number of nitrogens with zero attached hydrogens (tertiary/aromatic N) is 2. The van der Waals surface area contributed by atoms with Gasteiger partial charge in [0, 0.05) is 36.2 Å². The van der Waals surface area contributed by atoms with Crippen LogP contribution >= 0.6 is 0 Å². The molecule has 0 bridgehead atoms. The number of rotatable bonds is 3. The molecule has 192 valence electrons. The van der Waals surface area contributed by atoms with Crippen LogP contribution in [-0.2, 0) is 27.4 Å². The Hall–Kier alpha value is -2.81. The predicted molar refractivity (Wildman–Crippen MR) is 132 cm³/mol. The highest BCUT2D eigenvalue weighted by Crippen LogP contribution is 2.45. The molecule has 0 atom stereocenters. The summed E-state index contributed by atoms with van der Waals surface area (Å²) in [6.45, 7) is 10.8. The van der Waals surface area contributed by atoms with Crippen molar-refractivity contribution in [1.29, 1.82) is 0 Å². The van der Waals surface area contributed by atoms with Crippen molar-refractivity contribution in [2.45, 2.75) is 52.0 Å². The van der Waals surface area contributed by atoms with Gasteiger partial charge in [-0.1, -0.05) is 12.1 Å². The highest BCUT2D eigenvalue weighted by molar-refractivity contribution is 5.69. The van der Waals surface area contributed by atoms with Gasteiger partial charge >= 0.3 is 6.09 Å². The van der Waals surface area contributed by atoms with Gasteiger partial charge in [-0.2, -0.15) is 0 Å². The second-order valence-electron chi connectivity index (χ2n) is 11.4. The maximum absolute atomic E-state index is 12.6. The van der Waals surface area contributed by atoms with Gasteiger partial charge in [0.1, 0.15) is 17.1 Å². The van der Waals surface area contributed by atoms with E-state index in [2.05, 4.69) is 41.3 Å². The lowest BCUT2D eigenvalue weighted by Gasteiger charge is -2.48. The molecular weight excluding hydrogens is 460 g/mol. The van der Waals surface area contributed by atoms with E-state index >= 15 is 0 Å². The van der Waals surface area contributed by atoms with Crippen LogP contribution in [0.3, 0.4) is 0 Å². The molecule has 0 unspecified atom stereocenters. The third-order valence-corrected chi connectivity index (χ3v) is 7.45. The Labute approximate surface area is 212 Å². The van der Waals surface area contributed by atoms with E-state index in [1.54, 1.807) is 0 Å². The molecular formula is C28H34N2O6. The Kier molecular flexibility index (Phi) is 5.85. The van der Waals surface area contributed by atoms with Gasteiger partial charge < -0.3 is 28.6 Å². The minimum atomic E-state index is -0.480. The normalized spacial score (nSPS) is 20.8. The van der Waals surface area contributed by atoms with Crippen LogP contribution in [0.2, 0.25) is 0 Å². The van der Waals surface area contributed by atoms with Crippen molar-refractivity contribution in [3.63, 3.8) is 0 Å². The van der Waals surface area contributed by atoms with E-state index < -0.39 is 5.60 Å². The van der Waals surface area contributed by atoms with E-state index in [0.717, 1.165) is 55.2 Å². The van der Waals surface area contributed by atoms with Gasteiger partial charge in [0.2, 0.25) is 0 Å². The summed E-state index contributed by atoms with van der Waals surface area (Å²) in [5, 5.41) is 0. The number of carbonyl (C=O) groups excluding carboxylic acids is 1. The molecule has 2 saturated heterocycles. The third-order valence-electron chi connectivity index (χ3n) is 7.45. The second-order valence-corrected chi connectivity index (χ2v) is 11.4. The zero-order valence-electron chi connectivity index (χ0n) is 21.2. The van der Waals surface area contributed by atoms with Gasteiger partial charge in [-0.3, -0.25) is 4.90 Å². The van der Waals surface area contributed by atoms with E-state index in [4.69, 9.17) is 23.7 Å². The number of likely N-dealkylation sites (tertiary alicyclic amines) is 2. The molecule has 2 fully saturated rings. The average Bonchev–Trinajstić information content (AvgIpc) is 3.27. The van der Waals surface area contributed by atoms with Crippen molar-refractivity contribution >= 4 is 6.09 Å². The summed E-state index contributed by atoms with van der Waals surface area (Å²) < 4.78 is 28.0. The maximum Gasteiger partial charge on any atom is 0.410 e. The van der Waals surface area contributed by atoms with Crippen molar-refractivity contribution < 1.29 is 28.5 Å². The standard InChI is InChI=1S/C28H34N2O6/c1-27(2,3)36-26(31)30-15-28(16-30)8-9-29(14-28)25(19-4-6-23-21(10-19)12-32-17-34-23)20-5-7-24-22(11-20)13-33-18-35-24/h4-7,10-11,25H,8-9,12-18H2,1-3H3. The minimum Gasteiger partial charge on any atom is -0.467 e. The molecule has 36 heavy (non-hydrogen) atoms. The number of carbonyl (C=O) groups is 1. The number of fused-ring (bicyclic) bond motifs is 2. The zero-order valence-corrected chi connectivity index (χ0v) is 21.2. The van der Waals surface area contributed by atoms with Crippen molar-refractivity contribution in [3.05, 3.63) is 58.7 Å². The Bertz CT molecular complexity index is 1090. The number of hydrogen-bond donors (Lipinski definition) is 0. The van der Waals surface area contributed by atoms with Crippen molar-refractivity contribution in [2.75, 3.05) is 39.8 Å². The minimum absolute atomic E-state index is 0.0689. The van der Waals surface area contributed by atoms with Crippen LogP contribution in [0.15, 0.2) is 36.4 Å². The van der Waals surface area contributed by atoms with Crippen LogP contribution in [0.1, 0.15) is 55.5 Å². The molecule has 4 aliphatic heterocycles. The Morgan fingerprint density at radius 3 is 2.06 bits per heavy atom. The first-order valence-corrected chi connectivity index (χ1v) is 12.7. The molecule has 4 aliphatic rings. The molecule has 0 aliphatic carbocycles. The monoisotopic (exact) mass is 494 g/mol. The van der Waals surface area contributed by atoms with Gasteiger partial charge in [-0.25, -0.2) is 4.79 Å². The SMILES string of the molecule is CC(C)(C)OC(=O)N1CC2(CCN(C(c3ccc4c(c3)COCO4)c3ccc4c(c3)COCO4)C2)C1. The lowest BCUT2D eigenvalue weighted by Crippen LogP contribution is -2.60. The summed E-state index contributed by atoms with van der Waals surface area (Å²) in [5.74, 6) is 1.78. The summed E-state index contributed by atoms with van der Waals surface area (Å²) in [7, 11) is 0. The first-order chi connectivity index (χ1) is 17.3. The lowest BCUT2D eigenvalue weighted by atomic mass is 9.79. The summed E-state index contributed by atoms with van der Waals surface area (Å²) in [4.78, 5) is 16.9. The van der Waals surface area contributed by atoms with Crippen LogP contribution in [0, 0.1) is 5.41 Å². The fraction of sp³-hybridized carbons (Fsp3) is 0.536. The molecule has 8 heteroatoms. The van der Waals surface area contributed by atoms with Crippen LogP contribution in [0.25, 0.3) is 0 Å². The number of benzene rings is 2. The molecule has 2 aromatic carbocycles. The molecule has 0 radical (unpaired) electrons. The highest BCUT2D eigenvalue weighted by atomic mass is 16.7. The van der Waals surface area contributed by atoms with Crippen LogP contribution in [-0.4, -0.2) is 61.3 Å². The molecule has 6 rings (SSSR count). The number of hydrogen-bond acceptors (Lipinski definition) is 7. The molecule has 1 amide bonds. The lowest BCUT2D eigenvalue weighted by molar-refractivity contribution is -0.0312. The molecule has 0 saturated carbocycles. The van der Waals surface area contributed by atoms with Crippen LogP contribution < -0.4 is 9.47 Å². The van der Waals surface area contributed by atoms with Gasteiger partial charge in [0.05, 0.1) is 19.3 Å². The van der Waals surface area contributed by atoms with Crippen molar-refractivity contribution in [2.24, 2.45) is 5.41 Å². The van der Waals surface area contributed by atoms with Crippen molar-refractivity contribution in [1.82, 2.24) is 9.80 Å². The predicted octanol–water partition coefficient (Wildman–Crippen LogP) is 4.45. The van der Waals surface area contributed by atoms with Crippen molar-refractivity contribution in [3.8, 4) is 11.5 Å². The topological polar surface area (TPSA) is 69.7 Å². The van der Waals surface area contributed by atoms with Gasteiger partial charge in [0.15, 0.2) is 13.6 Å². The molecule has 2 aromatic rings. The van der Waals surface area contributed by atoms with E-state index in [-0.39, 0.29) is 17.6 Å². The number of ether oxygens (including phenoxy) is 5. The Morgan fingerprint density at radius 1 is 0.917 bits per heavy atom. The van der Waals surface area contributed by atoms with E-state index in [9.17, 15) is 4.79 Å². The van der Waals surface area contributed by atoms with Gasteiger partial charge in [0.25, 0.3) is 0 Å². The number of amides is 1. The maximum atomic E-state index is 12.6. The molecule has 0 aromatic heterocycles. The quantitative estimate of drug-likeness (QED) is 0.624. The summed E-state index contributed by atoms with van der Waals surface area (Å²) in [6.07, 6.45) is 0.837. The van der Waals surface area contributed by atoms with Gasteiger partial charge in [-0.15, -0.1) is 0 Å². The van der Waals surface area contributed by atoms with Gasteiger partial charge in [-0.05, 0) is 69.1 Å². The smallest absolute Gasteiger partial charge is 0.410 e. The second kappa shape index (κ2) is 8.94. The van der Waals surface area contributed by atoms with E-state index in [1.165, 1.54) is 11.1 Å². The molecule has 1 spiro atoms.